The maximum atomic E-state index is 10.00. The Kier molecular flexibility index (Phi) is 4.23. The summed E-state index contributed by atoms with van der Waals surface area (Å²) in [7, 11) is 0. The molecule has 1 aromatic rings. The summed E-state index contributed by atoms with van der Waals surface area (Å²) >= 11 is 0. The van der Waals surface area contributed by atoms with Crippen LogP contribution in [0.3, 0.4) is 0 Å². The molecule has 1 aliphatic heterocycles. The number of para-hydroxylation sites is 1. The van der Waals surface area contributed by atoms with Crippen LogP contribution < -0.4 is 10.1 Å². The molecule has 4 heteroatoms. The SMILES string of the molecule is CCOc1cccc(CNC2CCOC2)c1O. The molecule has 2 N–H and O–H groups in total. The van der Waals surface area contributed by atoms with Crippen LogP contribution in [0.25, 0.3) is 0 Å². The Bertz CT molecular complexity index is 362. The first-order valence-corrected chi connectivity index (χ1v) is 6.06. The molecule has 0 bridgehead atoms. The first-order chi connectivity index (χ1) is 8.31. The minimum Gasteiger partial charge on any atom is -0.504 e. The second-order valence-electron chi connectivity index (χ2n) is 4.14. The van der Waals surface area contributed by atoms with Gasteiger partial charge in [-0.25, -0.2) is 0 Å². The lowest BCUT2D eigenvalue weighted by Gasteiger charge is -2.13. The van der Waals surface area contributed by atoms with E-state index < -0.39 is 0 Å². The average Bonchev–Trinajstić information content (AvgIpc) is 2.83. The topological polar surface area (TPSA) is 50.7 Å². The maximum Gasteiger partial charge on any atom is 0.162 e. The van der Waals surface area contributed by atoms with E-state index in [2.05, 4.69) is 5.32 Å². The highest BCUT2D eigenvalue weighted by atomic mass is 16.5. The molecule has 1 unspecified atom stereocenters. The summed E-state index contributed by atoms with van der Waals surface area (Å²) in [6.07, 6.45) is 1.03. The van der Waals surface area contributed by atoms with Crippen LogP contribution in [0.5, 0.6) is 11.5 Å². The summed E-state index contributed by atoms with van der Waals surface area (Å²) in [5, 5.41) is 13.4. The monoisotopic (exact) mass is 237 g/mol. The summed E-state index contributed by atoms with van der Waals surface area (Å²) < 4.78 is 10.6. The quantitative estimate of drug-likeness (QED) is 0.818. The number of hydrogen-bond donors (Lipinski definition) is 2. The molecule has 17 heavy (non-hydrogen) atoms. The van der Waals surface area contributed by atoms with Crippen molar-refractivity contribution in [1.82, 2.24) is 5.32 Å². The molecule has 2 rings (SSSR count). The third kappa shape index (κ3) is 3.11. The van der Waals surface area contributed by atoms with Crippen molar-refractivity contribution in [1.29, 1.82) is 0 Å². The maximum absolute atomic E-state index is 10.00. The van der Waals surface area contributed by atoms with Gasteiger partial charge in [0.2, 0.25) is 0 Å². The molecule has 1 atom stereocenters. The Labute approximate surface area is 102 Å². The highest BCUT2D eigenvalue weighted by molar-refractivity contribution is 5.45. The lowest BCUT2D eigenvalue weighted by Crippen LogP contribution is -2.28. The van der Waals surface area contributed by atoms with Gasteiger partial charge in [-0.1, -0.05) is 12.1 Å². The van der Waals surface area contributed by atoms with Gasteiger partial charge in [0.05, 0.1) is 13.2 Å². The number of benzene rings is 1. The molecule has 0 amide bonds. The first kappa shape index (κ1) is 12.2. The molecule has 1 aromatic carbocycles. The van der Waals surface area contributed by atoms with Crippen molar-refractivity contribution in [2.24, 2.45) is 0 Å². The molecule has 1 heterocycles. The number of aromatic hydroxyl groups is 1. The van der Waals surface area contributed by atoms with Crippen molar-refractivity contribution in [2.45, 2.75) is 25.9 Å². The van der Waals surface area contributed by atoms with E-state index in [1.807, 2.05) is 19.1 Å². The van der Waals surface area contributed by atoms with E-state index in [1.165, 1.54) is 0 Å². The zero-order valence-electron chi connectivity index (χ0n) is 10.1. The van der Waals surface area contributed by atoms with Crippen LogP contribution in [0.15, 0.2) is 18.2 Å². The number of nitrogens with one attached hydrogen (secondary N) is 1. The molecular weight excluding hydrogens is 218 g/mol. The molecule has 1 aliphatic rings. The molecule has 94 valence electrons. The second-order valence-corrected chi connectivity index (χ2v) is 4.14. The van der Waals surface area contributed by atoms with Crippen molar-refractivity contribution in [3.8, 4) is 11.5 Å². The van der Waals surface area contributed by atoms with Gasteiger partial charge in [0.15, 0.2) is 11.5 Å². The summed E-state index contributed by atoms with van der Waals surface area (Å²) in [6.45, 7) is 4.68. The van der Waals surface area contributed by atoms with E-state index in [4.69, 9.17) is 9.47 Å². The molecule has 0 spiro atoms. The molecular formula is C13H19NO3. The lowest BCUT2D eigenvalue weighted by molar-refractivity contribution is 0.189. The molecule has 0 radical (unpaired) electrons. The third-order valence-corrected chi connectivity index (χ3v) is 2.89. The predicted molar refractivity (Wildman–Crippen MR) is 65.3 cm³/mol. The largest absolute Gasteiger partial charge is 0.504 e. The zero-order valence-corrected chi connectivity index (χ0v) is 10.1. The summed E-state index contributed by atoms with van der Waals surface area (Å²) in [5.41, 5.74) is 0.864. The Morgan fingerprint density at radius 3 is 3.12 bits per heavy atom. The van der Waals surface area contributed by atoms with Crippen LogP contribution in [-0.2, 0) is 11.3 Å². The first-order valence-electron chi connectivity index (χ1n) is 6.06. The fraction of sp³-hybridized carbons (Fsp3) is 0.538. The number of ether oxygens (including phenoxy) is 2. The van der Waals surface area contributed by atoms with E-state index in [1.54, 1.807) is 6.07 Å². The van der Waals surface area contributed by atoms with E-state index >= 15 is 0 Å². The Morgan fingerprint density at radius 2 is 2.41 bits per heavy atom. The predicted octanol–water partition coefficient (Wildman–Crippen LogP) is 1.67. The van der Waals surface area contributed by atoms with Gasteiger partial charge in [-0.2, -0.15) is 0 Å². The smallest absolute Gasteiger partial charge is 0.162 e. The van der Waals surface area contributed by atoms with Gasteiger partial charge >= 0.3 is 0 Å². The van der Waals surface area contributed by atoms with Crippen LogP contribution >= 0.6 is 0 Å². The Morgan fingerprint density at radius 1 is 1.53 bits per heavy atom. The number of hydrogen-bond acceptors (Lipinski definition) is 4. The summed E-state index contributed by atoms with van der Waals surface area (Å²) in [4.78, 5) is 0. The minimum atomic E-state index is 0.237. The third-order valence-electron chi connectivity index (χ3n) is 2.89. The fourth-order valence-corrected chi connectivity index (χ4v) is 1.93. The number of phenolic OH excluding ortho intramolecular Hbond substituents is 1. The fourth-order valence-electron chi connectivity index (χ4n) is 1.93. The Balaban J connectivity index is 1.97. The zero-order chi connectivity index (χ0) is 12.1. The number of phenols is 1. The summed E-state index contributed by atoms with van der Waals surface area (Å²) in [6, 6.07) is 5.97. The van der Waals surface area contributed by atoms with Crippen LogP contribution in [-0.4, -0.2) is 31.0 Å². The van der Waals surface area contributed by atoms with Gasteiger partial charge in [-0.15, -0.1) is 0 Å². The van der Waals surface area contributed by atoms with Gasteiger partial charge in [-0.05, 0) is 19.4 Å². The van der Waals surface area contributed by atoms with Crippen LogP contribution in [0.2, 0.25) is 0 Å². The van der Waals surface area contributed by atoms with Crippen LogP contribution in [0.1, 0.15) is 18.9 Å². The highest BCUT2D eigenvalue weighted by Gasteiger charge is 2.15. The molecule has 0 aliphatic carbocycles. The number of rotatable bonds is 5. The molecule has 0 aromatic heterocycles. The lowest BCUT2D eigenvalue weighted by atomic mass is 10.1. The molecule has 4 nitrogen and oxygen atoms in total. The highest BCUT2D eigenvalue weighted by Crippen LogP contribution is 2.29. The van der Waals surface area contributed by atoms with Gasteiger partial charge in [-0.3, -0.25) is 0 Å². The normalized spacial score (nSPS) is 19.5. The van der Waals surface area contributed by atoms with Crippen molar-refractivity contribution >= 4 is 0 Å². The van der Waals surface area contributed by atoms with Crippen molar-refractivity contribution in [3.05, 3.63) is 23.8 Å². The van der Waals surface area contributed by atoms with Crippen molar-refractivity contribution in [2.75, 3.05) is 19.8 Å². The standard InChI is InChI=1S/C13H19NO3/c1-2-17-12-5-3-4-10(13(12)15)8-14-11-6-7-16-9-11/h3-5,11,14-15H,2,6-9H2,1H3. The molecule has 1 saturated heterocycles. The van der Waals surface area contributed by atoms with Crippen LogP contribution in [0, 0.1) is 0 Å². The second kappa shape index (κ2) is 5.89. The van der Waals surface area contributed by atoms with Crippen molar-refractivity contribution in [3.63, 3.8) is 0 Å². The van der Waals surface area contributed by atoms with Gasteiger partial charge < -0.3 is 19.9 Å². The van der Waals surface area contributed by atoms with Crippen LogP contribution in [0.4, 0.5) is 0 Å². The average molecular weight is 237 g/mol. The van der Waals surface area contributed by atoms with Gasteiger partial charge in [0.1, 0.15) is 0 Å². The van der Waals surface area contributed by atoms with Crippen molar-refractivity contribution < 1.29 is 14.6 Å². The molecule has 1 fully saturated rings. The molecule has 0 saturated carbocycles. The van der Waals surface area contributed by atoms with E-state index in [9.17, 15) is 5.11 Å². The minimum absolute atomic E-state index is 0.237. The van der Waals surface area contributed by atoms with E-state index in [-0.39, 0.29) is 5.75 Å². The summed E-state index contributed by atoms with van der Waals surface area (Å²) in [5.74, 6) is 0.787. The van der Waals surface area contributed by atoms with Gasteiger partial charge in [0, 0.05) is 24.8 Å². The Hall–Kier alpha value is -1.26. The van der Waals surface area contributed by atoms with E-state index in [0.29, 0.717) is 24.9 Å². The van der Waals surface area contributed by atoms with Gasteiger partial charge in [0.25, 0.3) is 0 Å². The van der Waals surface area contributed by atoms with E-state index in [0.717, 1.165) is 25.2 Å².